The van der Waals surface area contributed by atoms with Gasteiger partial charge in [0.05, 0.1) is 41.4 Å². The third kappa shape index (κ3) is 8.60. The summed E-state index contributed by atoms with van der Waals surface area (Å²) in [6.45, 7) is 2.96. The van der Waals surface area contributed by atoms with Gasteiger partial charge in [-0.05, 0) is 69.2 Å². The number of hydrogen-bond acceptors (Lipinski definition) is 9. The monoisotopic (exact) mass is 732 g/mol. The first-order valence-electron chi connectivity index (χ1n) is 17.7. The summed E-state index contributed by atoms with van der Waals surface area (Å²) in [5.74, 6) is -2.60. The Balaban J connectivity index is 1.23. The number of esters is 1. The third-order valence-corrected chi connectivity index (χ3v) is 10.4. The molecular formula is C37H44ClF3N4O6. The molecule has 1 saturated carbocycles. The van der Waals surface area contributed by atoms with Crippen LogP contribution in [0.2, 0.25) is 5.02 Å². The number of nitrogens with one attached hydrogen (secondary N) is 1. The average molecular weight is 733 g/mol. The molecule has 2 saturated heterocycles. The minimum Gasteiger partial charge on any atom is -0.466 e. The van der Waals surface area contributed by atoms with Crippen molar-refractivity contribution < 1.29 is 41.4 Å². The molecule has 276 valence electrons. The summed E-state index contributed by atoms with van der Waals surface area (Å²) >= 11 is 6.68. The number of carbonyl (C=O) groups excluding carboxylic acids is 3. The van der Waals surface area contributed by atoms with Gasteiger partial charge in [0.1, 0.15) is 11.8 Å². The summed E-state index contributed by atoms with van der Waals surface area (Å²) in [4.78, 5) is 45.7. The largest absolute Gasteiger partial charge is 0.466 e. The Kier molecular flexibility index (Phi) is 11.7. The maximum Gasteiger partial charge on any atom is 0.401 e. The number of anilines is 1. The molecule has 1 N–H and O–H groups in total. The zero-order valence-corrected chi connectivity index (χ0v) is 29.4. The van der Waals surface area contributed by atoms with Crippen LogP contribution in [0.5, 0.6) is 0 Å². The van der Waals surface area contributed by atoms with Gasteiger partial charge in [-0.2, -0.15) is 13.2 Å². The third-order valence-electron chi connectivity index (χ3n) is 10.1. The molecule has 1 unspecified atom stereocenters. The molecule has 0 spiro atoms. The molecule has 0 radical (unpaired) electrons. The molecule has 3 heterocycles. The van der Waals surface area contributed by atoms with E-state index in [0.29, 0.717) is 73.2 Å². The number of ether oxygens (including phenoxy) is 2. The Morgan fingerprint density at radius 1 is 0.941 bits per heavy atom. The number of nitrogens with zero attached hydrogens (tertiary/aromatic N) is 3. The van der Waals surface area contributed by atoms with Crippen LogP contribution >= 0.6 is 11.6 Å². The van der Waals surface area contributed by atoms with Crippen molar-refractivity contribution in [2.45, 2.75) is 70.0 Å². The summed E-state index contributed by atoms with van der Waals surface area (Å²) in [7, 11) is 0. The van der Waals surface area contributed by atoms with Crippen LogP contribution in [0, 0.1) is 5.92 Å². The van der Waals surface area contributed by atoms with Gasteiger partial charge in [-0.1, -0.05) is 35.9 Å². The first kappa shape index (κ1) is 37.3. The highest BCUT2D eigenvalue weighted by molar-refractivity contribution is 6.34. The van der Waals surface area contributed by atoms with E-state index >= 15 is 0 Å². The maximum atomic E-state index is 14.8. The van der Waals surface area contributed by atoms with Crippen molar-refractivity contribution in [2.24, 2.45) is 5.92 Å². The molecule has 0 bridgehead atoms. The number of benzene rings is 2. The van der Waals surface area contributed by atoms with E-state index in [1.165, 1.54) is 11.2 Å². The van der Waals surface area contributed by atoms with Crippen LogP contribution in [0.25, 0.3) is 11.0 Å². The van der Waals surface area contributed by atoms with E-state index in [-0.39, 0.29) is 61.4 Å². The summed E-state index contributed by atoms with van der Waals surface area (Å²) in [6, 6.07) is 12.2. The molecule has 10 nitrogen and oxygen atoms in total. The van der Waals surface area contributed by atoms with E-state index in [2.05, 4.69) is 5.32 Å². The van der Waals surface area contributed by atoms with Crippen molar-refractivity contribution in [3.8, 4) is 0 Å². The number of likely N-dealkylation sites (tertiary alicyclic amines) is 1. The molecule has 2 aliphatic heterocycles. The van der Waals surface area contributed by atoms with Crippen molar-refractivity contribution in [3.63, 3.8) is 0 Å². The highest BCUT2D eigenvalue weighted by Crippen LogP contribution is 2.37. The van der Waals surface area contributed by atoms with Gasteiger partial charge in [0.25, 0.3) is 5.91 Å². The van der Waals surface area contributed by atoms with Crippen LogP contribution in [-0.4, -0.2) is 103 Å². The second kappa shape index (κ2) is 16.0. The number of halogens is 4. The standard InChI is InChI=1S/C37H44ClF3N4O6/c1-2-49-35(48)26-10-12-27(13-11-26)51-37(44-15-5-6-16-44,45-19-17-43(18-20-45)24-36(39,40)41)33(46)22-25-9-14-31(30(38)21-25)42-34(47)29-23-50-32-8-4-3-7-28(29)32/h3-4,7-9,14,21,23,26-27H,2,5-6,10-13,15-20,22,24H2,1H3,(H,42,47)/t26-,27-,37?. The number of fused-ring (bicyclic) bond motifs is 1. The number of amides is 1. The van der Waals surface area contributed by atoms with E-state index < -0.39 is 24.5 Å². The molecule has 3 aliphatic rings. The zero-order chi connectivity index (χ0) is 36.2. The van der Waals surface area contributed by atoms with E-state index in [9.17, 15) is 27.6 Å². The molecule has 1 aliphatic carbocycles. The fourth-order valence-corrected chi connectivity index (χ4v) is 7.82. The van der Waals surface area contributed by atoms with Crippen LogP contribution in [0.3, 0.4) is 0 Å². The van der Waals surface area contributed by atoms with E-state index in [4.69, 9.17) is 25.5 Å². The lowest BCUT2D eigenvalue weighted by Gasteiger charge is -2.52. The molecule has 1 aromatic heterocycles. The predicted octanol–water partition coefficient (Wildman–Crippen LogP) is 6.52. The first-order chi connectivity index (χ1) is 24.5. The van der Waals surface area contributed by atoms with Crippen molar-refractivity contribution in [1.82, 2.24) is 14.7 Å². The Hall–Kier alpha value is -3.49. The van der Waals surface area contributed by atoms with Crippen molar-refractivity contribution >= 4 is 45.9 Å². The maximum absolute atomic E-state index is 14.8. The number of ketones is 1. The summed E-state index contributed by atoms with van der Waals surface area (Å²) in [6.07, 6.45) is 0.600. The molecular weight excluding hydrogens is 689 g/mol. The molecule has 1 atom stereocenters. The van der Waals surface area contributed by atoms with Gasteiger partial charge in [0, 0.05) is 51.1 Å². The van der Waals surface area contributed by atoms with Gasteiger partial charge in [-0.3, -0.25) is 29.1 Å². The minimum atomic E-state index is -4.32. The number of alkyl halides is 3. The van der Waals surface area contributed by atoms with Gasteiger partial charge >= 0.3 is 12.1 Å². The second-order valence-corrected chi connectivity index (χ2v) is 13.9. The topological polar surface area (TPSA) is 105 Å². The van der Waals surface area contributed by atoms with Gasteiger partial charge in [-0.15, -0.1) is 0 Å². The molecule has 14 heteroatoms. The van der Waals surface area contributed by atoms with Gasteiger partial charge in [-0.25, -0.2) is 0 Å². The van der Waals surface area contributed by atoms with Crippen LogP contribution in [0.1, 0.15) is 61.4 Å². The van der Waals surface area contributed by atoms with Crippen LogP contribution in [0.4, 0.5) is 18.9 Å². The van der Waals surface area contributed by atoms with Gasteiger partial charge < -0.3 is 19.2 Å². The van der Waals surface area contributed by atoms with Crippen LogP contribution in [0.15, 0.2) is 53.1 Å². The smallest absolute Gasteiger partial charge is 0.401 e. The fraction of sp³-hybridized carbons (Fsp3) is 0.541. The quantitative estimate of drug-likeness (QED) is 0.209. The SMILES string of the molecule is CCOC(=O)[C@H]1CC[C@H](OC(C(=O)Cc2ccc(NC(=O)c3coc4ccccc34)c(Cl)c2)(N2CCCC2)N2CCN(CC(F)(F)F)CC2)CC1. The lowest BCUT2D eigenvalue weighted by molar-refractivity contribution is -0.262. The number of Topliss-reactive ketones (excluding diaryl/α,β-unsaturated/α-hetero) is 1. The number of carbonyl (C=O) groups is 3. The number of piperazine rings is 1. The molecule has 3 fully saturated rings. The van der Waals surface area contributed by atoms with Crippen LogP contribution < -0.4 is 5.32 Å². The van der Waals surface area contributed by atoms with Gasteiger partial charge in [0.15, 0.2) is 5.78 Å². The van der Waals surface area contributed by atoms with Crippen molar-refractivity contribution in [3.05, 3.63) is 64.9 Å². The highest BCUT2D eigenvalue weighted by Gasteiger charge is 2.53. The molecule has 1 amide bonds. The van der Waals surface area contributed by atoms with E-state index in [1.54, 1.807) is 37.3 Å². The molecule has 3 aromatic rings. The Morgan fingerprint density at radius 3 is 2.29 bits per heavy atom. The Bertz CT molecular complexity index is 1700. The highest BCUT2D eigenvalue weighted by atomic mass is 35.5. The van der Waals surface area contributed by atoms with E-state index in [1.807, 2.05) is 21.9 Å². The molecule has 2 aromatic carbocycles. The first-order valence-corrected chi connectivity index (χ1v) is 18.1. The summed E-state index contributed by atoms with van der Waals surface area (Å²) in [5.41, 5.74) is 1.91. The zero-order valence-electron chi connectivity index (χ0n) is 28.7. The van der Waals surface area contributed by atoms with Crippen LogP contribution in [-0.2, 0) is 25.5 Å². The lowest BCUT2D eigenvalue weighted by atomic mass is 9.87. The normalized spacial score (nSPS) is 22.1. The number of para-hydroxylation sites is 1. The molecule has 51 heavy (non-hydrogen) atoms. The minimum absolute atomic E-state index is 0.0578. The summed E-state index contributed by atoms with van der Waals surface area (Å²) < 4.78 is 57.6. The Labute approximate surface area is 300 Å². The van der Waals surface area contributed by atoms with Gasteiger partial charge in [0.2, 0.25) is 5.85 Å². The second-order valence-electron chi connectivity index (χ2n) is 13.5. The summed E-state index contributed by atoms with van der Waals surface area (Å²) in [5, 5.41) is 3.74. The van der Waals surface area contributed by atoms with E-state index in [0.717, 1.165) is 12.8 Å². The van der Waals surface area contributed by atoms with Crippen molar-refractivity contribution in [1.29, 1.82) is 0 Å². The molecule has 6 rings (SSSR count). The average Bonchev–Trinajstić information content (AvgIpc) is 3.80. The lowest BCUT2D eigenvalue weighted by Crippen LogP contribution is -2.71. The fourth-order valence-electron chi connectivity index (χ4n) is 7.57. The Morgan fingerprint density at radius 2 is 1.63 bits per heavy atom. The number of rotatable bonds is 12. The van der Waals surface area contributed by atoms with Crippen molar-refractivity contribution in [2.75, 3.05) is 57.7 Å². The number of hydrogen-bond donors (Lipinski definition) is 1. The number of furan rings is 1. The predicted molar refractivity (Wildman–Crippen MR) is 185 cm³/mol.